The molecule has 0 radical (unpaired) electrons. The predicted octanol–water partition coefficient (Wildman–Crippen LogP) is 6.77. The third kappa shape index (κ3) is 14.9. The molecule has 0 heterocycles. The van der Waals surface area contributed by atoms with E-state index in [1.165, 1.54) is 70.6 Å². The molecule has 1 N–H and O–H groups in total. The summed E-state index contributed by atoms with van der Waals surface area (Å²) in [6.07, 6.45) is 20.9. The fraction of sp³-hybridized carbons (Fsp3) is 0.842. The summed E-state index contributed by atoms with van der Waals surface area (Å²) in [5, 5.41) is 8.96. The van der Waals surface area contributed by atoms with E-state index in [1.54, 1.807) is 0 Å². The Labute approximate surface area is 151 Å². The molecule has 2 nitrogen and oxygen atoms in total. The average Bonchev–Trinajstić information content (AvgIpc) is 2.51. The predicted molar refractivity (Wildman–Crippen MR) is 105 cm³/mol. The molecule has 0 aromatic heterocycles. The van der Waals surface area contributed by atoms with Gasteiger partial charge < -0.3 is 5.11 Å². The lowest BCUT2D eigenvalue weighted by molar-refractivity contribution is -0.141. The summed E-state index contributed by atoms with van der Waals surface area (Å²) in [6, 6.07) is 0. The number of alkyl halides is 1. The SMILES string of the molecule is CCCCCCCC/C=C/CCCCCCC(CI)C(=O)O. The Balaban J connectivity index is 3.25. The van der Waals surface area contributed by atoms with Crippen LogP contribution in [0.5, 0.6) is 0 Å². The minimum absolute atomic E-state index is 0.141. The molecule has 22 heavy (non-hydrogen) atoms. The van der Waals surface area contributed by atoms with E-state index in [-0.39, 0.29) is 5.92 Å². The van der Waals surface area contributed by atoms with Crippen LogP contribution in [0.2, 0.25) is 0 Å². The lowest BCUT2D eigenvalue weighted by Crippen LogP contribution is -2.14. The molecule has 0 aromatic rings. The first kappa shape index (κ1) is 21.9. The highest BCUT2D eigenvalue weighted by Gasteiger charge is 2.14. The molecule has 0 bridgehead atoms. The first-order valence-electron chi connectivity index (χ1n) is 9.16. The van der Waals surface area contributed by atoms with E-state index >= 15 is 0 Å². The number of halogens is 1. The van der Waals surface area contributed by atoms with Gasteiger partial charge in [0.25, 0.3) is 0 Å². The van der Waals surface area contributed by atoms with Gasteiger partial charge in [0.15, 0.2) is 0 Å². The van der Waals surface area contributed by atoms with Crippen molar-refractivity contribution in [3.63, 3.8) is 0 Å². The van der Waals surface area contributed by atoms with Crippen molar-refractivity contribution in [3.8, 4) is 0 Å². The van der Waals surface area contributed by atoms with E-state index in [4.69, 9.17) is 5.11 Å². The van der Waals surface area contributed by atoms with Gasteiger partial charge in [-0.05, 0) is 32.1 Å². The van der Waals surface area contributed by atoms with Crippen molar-refractivity contribution in [2.75, 3.05) is 4.43 Å². The van der Waals surface area contributed by atoms with Gasteiger partial charge in [-0.15, -0.1) is 0 Å². The van der Waals surface area contributed by atoms with E-state index in [2.05, 4.69) is 41.7 Å². The smallest absolute Gasteiger partial charge is 0.307 e. The van der Waals surface area contributed by atoms with E-state index in [9.17, 15) is 4.79 Å². The minimum Gasteiger partial charge on any atom is -0.481 e. The topological polar surface area (TPSA) is 37.3 Å². The van der Waals surface area contributed by atoms with E-state index in [1.807, 2.05) is 0 Å². The van der Waals surface area contributed by atoms with Gasteiger partial charge in [-0.3, -0.25) is 4.79 Å². The summed E-state index contributed by atoms with van der Waals surface area (Å²) in [5.74, 6) is -0.773. The molecule has 0 aliphatic rings. The van der Waals surface area contributed by atoms with Gasteiger partial charge in [-0.2, -0.15) is 0 Å². The van der Waals surface area contributed by atoms with Gasteiger partial charge in [0.05, 0.1) is 5.92 Å². The highest BCUT2D eigenvalue weighted by atomic mass is 127. The summed E-state index contributed by atoms with van der Waals surface area (Å²) in [4.78, 5) is 10.9. The third-order valence-electron chi connectivity index (χ3n) is 4.10. The Morgan fingerprint density at radius 2 is 1.41 bits per heavy atom. The maximum Gasteiger partial charge on any atom is 0.307 e. The number of carboxylic acids is 1. The standard InChI is InChI=1S/C19H35IO2/c1-2-3-4-5-6-7-8-9-10-11-12-13-14-15-16-18(17-20)19(21)22/h9-10,18H,2-8,11-17H2,1H3,(H,21,22)/b10-9+. The molecule has 0 saturated heterocycles. The number of allylic oxidation sites excluding steroid dienone is 2. The Morgan fingerprint density at radius 1 is 0.909 bits per heavy atom. The summed E-state index contributed by atoms with van der Waals surface area (Å²) >= 11 is 2.17. The van der Waals surface area contributed by atoms with Crippen molar-refractivity contribution in [1.29, 1.82) is 0 Å². The van der Waals surface area contributed by atoms with Gasteiger partial charge >= 0.3 is 5.97 Å². The van der Waals surface area contributed by atoms with Gasteiger partial charge in [0.2, 0.25) is 0 Å². The second-order valence-electron chi connectivity index (χ2n) is 6.21. The fourth-order valence-corrected chi connectivity index (χ4v) is 3.37. The zero-order valence-corrected chi connectivity index (χ0v) is 16.5. The number of carbonyl (C=O) groups is 1. The molecule has 3 heteroatoms. The van der Waals surface area contributed by atoms with Crippen molar-refractivity contribution >= 4 is 28.6 Å². The monoisotopic (exact) mass is 422 g/mol. The average molecular weight is 422 g/mol. The van der Waals surface area contributed by atoms with Crippen molar-refractivity contribution in [3.05, 3.63) is 12.2 Å². The second-order valence-corrected chi connectivity index (χ2v) is 7.09. The van der Waals surface area contributed by atoms with Gasteiger partial charge in [-0.25, -0.2) is 0 Å². The fourth-order valence-electron chi connectivity index (χ4n) is 2.55. The molecular formula is C19H35IO2. The normalized spacial score (nSPS) is 12.8. The van der Waals surface area contributed by atoms with Crippen LogP contribution in [0.4, 0.5) is 0 Å². The first-order valence-corrected chi connectivity index (χ1v) is 10.7. The zero-order valence-electron chi connectivity index (χ0n) is 14.4. The molecule has 0 fully saturated rings. The van der Waals surface area contributed by atoms with Crippen molar-refractivity contribution in [1.82, 2.24) is 0 Å². The van der Waals surface area contributed by atoms with E-state index < -0.39 is 5.97 Å². The molecular weight excluding hydrogens is 387 g/mol. The Morgan fingerprint density at radius 3 is 1.91 bits per heavy atom. The van der Waals surface area contributed by atoms with Crippen molar-refractivity contribution in [2.24, 2.45) is 5.92 Å². The van der Waals surface area contributed by atoms with Crippen molar-refractivity contribution in [2.45, 2.75) is 90.4 Å². The van der Waals surface area contributed by atoms with Crippen LogP contribution < -0.4 is 0 Å². The first-order chi connectivity index (χ1) is 10.7. The highest BCUT2D eigenvalue weighted by molar-refractivity contribution is 14.1. The summed E-state index contributed by atoms with van der Waals surface area (Å²) < 4.78 is 0.730. The van der Waals surface area contributed by atoms with E-state index in [0.717, 1.165) is 17.3 Å². The summed E-state index contributed by atoms with van der Waals surface area (Å²) in [7, 11) is 0. The van der Waals surface area contributed by atoms with Crippen LogP contribution in [0, 0.1) is 5.92 Å². The van der Waals surface area contributed by atoms with E-state index in [0.29, 0.717) is 0 Å². The molecule has 1 atom stereocenters. The molecule has 0 rings (SSSR count). The Bertz CT molecular complexity index is 277. The van der Waals surface area contributed by atoms with Crippen LogP contribution in [0.25, 0.3) is 0 Å². The summed E-state index contributed by atoms with van der Waals surface area (Å²) in [5.41, 5.74) is 0. The molecule has 0 amide bonds. The number of rotatable bonds is 16. The largest absolute Gasteiger partial charge is 0.481 e. The second kappa shape index (κ2) is 17.3. The molecule has 0 aliphatic carbocycles. The van der Waals surface area contributed by atoms with Crippen LogP contribution in [-0.2, 0) is 4.79 Å². The zero-order chi connectivity index (χ0) is 16.5. The quantitative estimate of drug-likeness (QED) is 0.129. The number of carboxylic acid groups (broad SMARTS) is 1. The van der Waals surface area contributed by atoms with Gasteiger partial charge in [0.1, 0.15) is 0 Å². The maximum absolute atomic E-state index is 10.9. The highest BCUT2D eigenvalue weighted by Crippen LogP contribution is 2.14. The van der Waals surface area contributed by atoms with Crippen LogP contribution in [0.1, 0.15) is 90.4 Å². The van der Waals surface area contributed by atoms with Gasteiger partial charge in [0, 0.05) is 4.43 Å². The van der Waals surface area contributed by atoms with Crippen LogP contribution in [0.3, 0.4) is 0 Å². The van der Waals surface area contributed by atoms with Crippen LogP contribution in [-0.4, -0.2) is 15.5 Å². The molecule has 1 unspecified atom stereocenters. The summed E-state index contributed by atoms with van der Waals surface area (Å²) in [6.45, 7) is 2.26. The van der Waals surface area contributed by atoms with Crippen LogP contribution >= 0.6 is 22.6 Å². The Kier molecular flexibility index (Phi) is 17.2. The van der Waals surface area contributed by atoms with Crippen molar-refractivity contribution < 1.29 is 9.90 Å². The maximum atomic E-state index is 10.9. The lowest BCUT2D eigenvalue weighted by Gasteiger charge is -2.07. The molecule has 0 spiro atoms. The lowest BCUT2D eigenvalue weighted by atomic mass is 10.0. The molecule has 130 valence electrons. The van der Waals surface area contributed by atoms with Crippen LogP contribution in [0.15, 0.2) is 12.2 Å². The Hall–Kier alpha value is -0.0600. The number of unbranched alkanes of at least 4 members (excludes halogenated alkanes) is 10. The number of hydrogen-bond acceptors (Lipinski definition) is 1. The molecule has 0 saturated carbocycles. The minimum atomic E-state index is -0.632. The third-order valence-corrected chi connectivity index (χ3v) is 5.16. The van der Waals surface area contributed by atoms with Gasteiger partial charge in [-0.1, -0.05) is 93.0 Å². The molecule has 0 aliphatic heterocycles. The number of hydrogen-bond donors (Lipinski definition) is 1. The number of aliphatic carboxylic acids is 1. The molecule has 0 aromatic carbocycles.